The first-order chi connectivity index (χ1) is 11.2. The first-order valence-corrected chi connectivity index (χ1v) is 7.92. The minimum Gasteiger partial charge on any atom is -0.467 e. The molecule has 1 aliphatic heterocycles. The van der Waals surface area contributed by atoms with Crippen LogP contribution < -0.4 is 5.32 Å². The summed E-state index contributed by atoms with van der Waals surface area (Å²) in [7, 11) is 0. The molecule has 0 aliphatic carbocycles. The Morgan fingerprint density at radius 1 is 1.43 bits per heavy atom. The monoisotopic (exact) mass is 333 g/mol. The van der Waals surface area contributed by atoms with Crippen LogP contribution in [0.25, 0.3) is 11.2 Å². The van der Waals surface area contributed by atoms with Gasteiger partial charge >= 0.3 is 0 Å². The smallest absolute Gasteiger partial charge is 0.226 e. The number of hydrogen-bond donors (Lipinski definition) is 1. The molecule has 2 unspecified atom stereocenters. The van der Waals surface area contributed by atoms with Gasteiger partial charge in [-0.1, -0.05) is 0 Å². The van der Waals surface area contributed by atoms with Crippen molar-refractivity contribution >= 4 is 28.6 Å². The molecule has 4 heterocycles. The van der Waals surface area contributed by atoms with E-state index in [2.05, 4.69) is 20.3 Å². The third-order valence-electron chi connectivity index (χ3n) is 3.93. The van der Waals surface area contributed by atoms with E-state index in [1.54, 1.807) is 12.6 Å². The molecule has 0 radical (unpaired) electrons. The molecule has 1 saturated heterocycles. The summed E-state index contributed by atoms with van der Waals surface area (Å²) in [6, 6.07) is 3.69. The molecule has 0 amide bonds. The maximum absolute atomic E-state index is 6.10. The molecular weight excluding hydrogens is 318 g/mol. The molecule has 2 atom stereocenters. The third kappa shape index (κ3) is 2.66. The highest BCUT2D eigenvalue weighted by Crippen LogP contribution is 2.30. The van der Waals surface area contributed by atoms with Crippen LogP contribution in [0.4, 0.5) is 5.82 Å². The first-order valence-electron chi connectivity index (χ1n) is 7.54. The van der Waals surface area contributed by atoms with Crippen LogP contribution in [-0.2, 0) is 4.74 Å². The highest BCUT2D eigenvalue weighted by Gasteiger charge is 2.23. The topological polar surface area (TPSA) is 78.0 Å². The summed E-state index contributed by atoms with van der Waals surface area (Å²) in [6.07, 6.45) is 5.31. The van der Waals surface area contributed by atoms with Crippen LogP contribution >= 0.6 is 11.6 Å². The molecule has 0 aromatic carbocycles. The lowest BCUT2D eigenvalue weighted by molar-refractivity contribution is 0.0593. The van der Waals surface area contributed by atoms with Crippen molar-refractivity contribution in [1.82, 2.24) is 19.5 Å². The minimum absolute atomic E-state index is 0.0405. The van der Waals surface area contributed by atoms with Crippen LogP contribution in [0.3, 0.4) is 0 Å². The Labute approximate surface area is 137 Å². The Bertz CT molecular complexity index is 811. The maximum Gasteiger partial charge on any atom is 0.226 e. The number of halogens is 1. The van der Waals surface area contributed by atoms with E-state index in [-0.39, 0.29) is 17.6 Å². The predicted octanol–water partition coefficient (Wildman–Crippen LogP) is 3.55. The molecule has 0 saturated carbocycles. The minimum atomic E-state index is -0.0629. The molecule has 1 aliphatic rings. The van der Waals surface area contributed by atoms with Crippen molar-refractivity contribution in [2.45, 2.75) is 32.0 Å². The van der Waals surface area contributed by atoms with Gasteiger partial charge in [0.15, 0.2) is 17.0 Å². The van der Waals surface area contributed by atoms with Gasteiger partial charge in [-0.2, -0.15) is 9.97 Å². The van der Waals surface area contributed by atoms with E-state index in [0.29, 0.717) is 17.0 Å². The standard InChI is InChI=1S/C15H16ClN5O2/c1-9(10-4-2-6-22-10)18-13-12-14(20-15(16)19-13)21(8-17-12)11-5-3-7-23-11/h2,4,6,8-9,11H,3,5,7H2,1H3,(H,18,19,20). The van der Waals surface area contributed by atoms with Gasteiger partial charge < -0.3 is 14.5 Å². The fourth-order valence-corrected chi connectivity index (χ4v) is 2.96. The summed E-state index contributed by atoms with van der Waals surface area (Å²) < 4.78 is 13.0. The first kappa shape index (κ1) is 14.5. The summed E-state index contributed by atoms with van der Waals surface area (Å²) >= 11 is 6.10. The van der Waals surface area contributed by atoms with E-state index >= 15 is 0 Å². The van der Waals surface area contributed by atoms with Crippen LogP contribution in [0.15, 0.2) is 29.1 Å². The number of nitrogens with zero attached hydrogens (tertiary/aromatic N) is 4. The van der Waals surface area contributed by atoms with E-state index in [0.717, 1.165) is 25.2 Å². The summed E-state index contributed by atoms with van der Waals surface area (Å²) in [5, 5.41) is 3.46. The number of fused-ring (bicyclic) bond motifs is 1. The molecule has 1 fully saturated rings. The Morgan fingerprint density at radius 3 is 3.09 bits per heavy atom. The van der Waals surface area contributed by atoms with Crippen LogP contribution in [-0.4, -0.2) is 26.1 Å². The Kier molecular flexibility index (Phi) is 3.66. The summed E-state index contributed by atoms with van der Waals surface area (Å²) in [6.45, 7) is 2.74. The molecule has 0 bridgehead atoms. The Balaban J connectivity index is 1.72. The van der Waals surface area contributed by atoms with Gasteiger partial charge in [0.05, 0.1) is 18.6 Å². The van der Waals surface area contributed by atoms with Gasteiger partial charge in [0.2, 0.25) is 5.28 Å². The molecule has 8 heteroatoms. The number of nitrogens with one attached hydrogen (secondary N) is 1. The van der Waals surface area contributed by atoms with E-state index < -0.39 is 0 Å². The average Bonchev–Trinajstić information content (AvgIpc) is 3.27. The van der Waals surface area contributed by atoms with Crippen molar-refractivity contribution in [2.75, 3.05) is 11.9 Å². The zero-order valence-corrected chi connectivity index (χ0v) is 13.3. The van der Waals surface area contributed by atoms with Gasteiger partial charge in [-0.25, -0.2) is 4.98 Å². The normalized spacial score (nSPS) is 19.3. The maximum atomic E-state index is 6.10. The molecule has 120 valence electrons. The number of hydrogen-bond acceptors (Lipinski definition) is 6. The number of ether oxygens (including phenoxy) is 1. The van der Waals surface area contributed by atoms with E-state index in [4.69, 9.17) is 20.8 Å². The van der Waals surface area contributed by atoms with Gasteiger partial charge in [-0.05, 0) is 43.5 Å². The molecule has 3 aromatic heterocycles. The highest BCUT2D eigenvalue weighted by atomic mass is 35.5. The zero-order valence-electron chi connectivity index (χ0n) is 12.6. The van der Waals surface area contributed by atoms with Crippen molar-refractivity contribution in [3.63, 3.8) is 0 Å². The summed E-state index contributed by atoms with van der Waals surface area (Å²) in [5.74, 6) is 1.40. The van der Waals surface area contributed by atoms with Crippen molar-refractivity contribution in [1.29, 1.82) is 0 Å². The van der Waals surface area contributed by atoms with Gasteiger partial charge in [0.25, 0.3) is 0 Å². The second-order valence-corrected chi connectivity index (χ2v) is 5.85. The van der Waals surface area contributed by atoms with Crippen LogP contribution in [0.1, 0.15) is 37.8 Å². The third-order valence-corrected chi connectivity index (χ3v) is 4.10. The fourth-order valence-electron chi connectivity index (χ4n) is 2.80. The fraction of sp³-hybridized carbons (Fsp3) is 0.400. The second-order valence-electron chi connectivity index (χ2n) is 5.51. The van der Waals surface area contributed by atoms with Crippen molar-refractivity contribution in [3.8, 4) is 0 Å². The van der Waals surface area contributed by atoms with E-state index in [1.165, 1.54) is 0 Å². The summed E-state index contributed by atoms with van der Waals surface area (Å²) in [4.78, 5) is 13.0. The molecule has 23 heavy (non-hydrogen) atoms. The Morgan fingerprint density at radius 2 is 2.35 bits per heavy atom. The molecule has 4 rings (SSSR count). The van der Waals surface area contributed by atoms with Crippen LogP contribution in [0.2, 0.25) is 5.28 Å². The van der Waals surface area contributed by atoms with Crippen LogP contribution in [0.5, 0.6) is 0 Å². The van der Waals surface area contributed by atoms with Crippen molar-refractivity contribution in [2.24, 2.45) is 0 Å². The van der Waals surface area contributed by atoms with Gasteiger partial charge in [-0.3, -0.25) is 4.57 Å². The lowest BCUT2D eigenvalue weighted by atomic mass is 10.2. The number of aromatic nitrogens is 4. The quantitative estimate of drug-likeness (QED) is 0.735. The average molecular weight is 334 g/mol. The van der Waals surface area contributed by atoms with Gasteiger partial charge in [0.1, 0.15) is 12.0 Å². The van der Waals surface area contributed by atoms with E-state index in [1.807, 2.05) is 23.6 Å². The van der Waals surface area contributed by atoms with E-state index in [9.17, 15) is 0 Å². The lowest BCUT2D eigenvalue weighted by Gasteiger charge is -2.14. The second kappa shape index (κ2) is 5.82. The SMILES string of the molecule is CC(Nc1nc(Cl)nc2c1ncn2C1CCCO1)c1ccco1. The largest absolute Gasteiger partial charge is 0.467 e. The zero-order chi connectivity index (χ0) is 15.8. The molecule has 1 N–H and O–H groups in total. The number of rotatable bonds is 4. The van der Waals surface area contributed by atoms with Crippen molar-refractivity contribution in [3.05, 3.63) is 35.8 Å². The Hall–Kier alpha value is -2.12. The lowest BCUT2D eigenvalue weighted by Crippen LogP contribution is -2.10. The van der Waals surface area contributed by atoms with Gasteiger partial charge in [0, 0.05) is 6.61 Å². The molecular formula is C15H16ClN5O2. The number of anilines is 1. The van der Waals surface area contributed by atoms with Crippen molar-refractivity contribution < 1.29 is 9.15 Å². The number of imidazole rings is 1. The predicted molar refractivity (Wildman–Crippen MR) is 85.3 cm³/mol. The highest BCUT2D eigenvalue weighted by molar-refractivity contribution is 6.28. The molecule has 3 aromatic rings. The summed E-state index contributed by atoms with van der Waals surface area (Å²) in [5.41, 5.74) is 1.34. The molecule has 7 nitrogen and oxygen atoms in total. The van der Waals surface area contributed by atoms with Crippen LogP contribution in [0, 0.1) is 0 Å². The van der Waals surface area contributed by atoms with Gasteiger partial charge in [-0.15, -0.1) is 0 Å². The number of furan rings is 1. The molecule has 0 spiro atoms.